The molecule has 0 aromatic carbocycles. The van der Waals surface area contributed by atoms with E-state index in [0.717, 1.165) is 6.42 Å². The van der Waals surface area contributed by atoms with Gasteiger partial charge in [-0.2, -0.15) is 0 Å². The van der Waals surface area contributed by atoms with E-state index in [1.807, 2.05) is 6.92 Å². The molecule has 0 aromatic heterocycles. The molecule has 0 aromatic rings. The first-order chi connectivity index (χ1) is 8.49. The fourth-order valence-corrected chi connectivity index (χ4v) is 2.43. The predicted molar refractivity (Wildman–Crippen MR) is 66.5 cm³/mol. The van der Waals surface area contributed by atoms with Crippen molar-refractivity contribution < 1.29 is 19.4 Å². The number of methoxy groups -OCH3 is 1. The molecule has 1 atom stereocenters. The molecule has 1 N–H and O–H groups in total. The lowest BCUT2D eigenvalue weighted by atomic mass is 9.93. The fourth-order valence-electron chi connectivity index (χ4n) is 2.43. The number of carbonyl (C=O) groups excluding carboxylic acids is 1. The fraction of sp³-hybridized carbons (Fsp3) is 0.833. The highest BCUT2D eigenvalue weighted by molar-refractivity contribution is 5.87. The maximum atomic E-state index is 12.3. The number of hydrogen-bond donors (Lipinski definition) is 1. The van der Waals surface area contributed by atoms with Gasteiger partial charge in [0.25, 0.3) is 0 Å². The van der Waals surface area contributed by atoms with Crippen molar-refractivity contribution in [2.24, 2.45) is 0 Å². The molecular weight excluding hydrogens is 236 g/mol. The minimum Gasteiger partial charge on any atom is -0.479 e. The number of rotatable bonds is 5. The largest absolute Gasteiger partial charge is 0.479 e. The van der Waals surface area contributed by atoms with Gasteiger partial charge in [0.1, 0.15) is 5.54 Å². The van der Waals surface area contributed by atoms with Crippen LogP contribution in [-0.4, -0.2) is 66.3 Å². The first-order valence-electron chi connectivity index (χ1n) is 6.24. The molecule has 104 valence electrons. The van der Waals surface area contributed by atoms with Crippen molar-refractivity contribution in [3.63, 3.8) is 0 Å². The quantitative estimate of drug-likeness (QED) is 0.799. The maximum absolute atomic E-state index is 12.3. The molecule has 1 unspecified atom stereocenters. The molecule has 1 heterocycles. The monoisotopic (exact) mass is 258 g/mol. The average molecular weight is 258 g/mol. The van der Waals surface area contributed by atoms with E-state index in [-0.39, 0.29) is 6.03 Å². The van der Waals surface area contributed by atoms with E-state index in [1.165, 1.54) is 9.80 Å². The highest BCUT2D eigenvalue weighted by atomic mass is 16.5. The summed E-state index contributed by atoms with van der Waals surface area (Å²) in [6.45, 7) is 3.23. The molecule has 6 nitrogen and oxygen atoms in total. The van der Waals surface area contributed by atoms with E-state index in [2.05, 4.69) is 0 Å². The van der Waals surface area contributed by atoms with E-state index in [4.69, 9.17) is 4.74 Å². The summed E-state index contributed by atoms with van der Waals surface area (Å²) in [5.41, 5.74) is -1.03. The van der Waals surface area contributed by atoms with E-state index in [9.17, 15) is 14.7 Å². The van der Waals surface area contributed by atoms with Gasteiger partial charge in [0.2, 0.25) is 0 Å². The number of urea groups is 1. The molecule has 6 heteroatoms. The van der Waals surface area contributed by atoms with Crippen molar-refractivity contribution in [2.75, 3.05) is 33.9 Å². The molecule has 0 radical (unpaired) electrons. The van der Waals surface area contributed by atoms with Crippen LogP contribution in [0.15, 0.2) is 0 Å². The van der Waals surface area contributed by atoms with Gasteiger partial charge in [0, 0.05) is 27.2 Å². The number of carboxylic acids is 1. The number of amides is 2. The number of likely N-dealkylation sites (tertiary alicyclic amines) is 1. The number of ether oxygens (including phenoxy) is 1. The van der Waals surface area contributed by atoms with Gasteiger partial charge in [0.15, 0.2) is 0 Å². The molecule has 1 rings (SSSR count). The second-order valence-corrected chi connectivity index (χ2v) is 4.64. The van der Waals surface area contributed by atoms with Crippen LogP contribution >= 0.6 is 0 Å². The number of carboxylic acid groups (broad SMARTS) is 1. The van der Waals surface area contributed by atoms with Crippen LogP contribution in [0.3, 0.4) is 0 Å². The average Bonchev–Trinajstić information content (AvgIpc) is 2.79. The molecule has 0 bridgehead atoms. The third-order valence-corrected chi connectivity index (χ3v) is 3.66. The molecule has 1 aliphatic heterocycles. The smallest absolute Gasteiger partial charge is 0.329 e. The van der Waals surface area contributed by atoms with Crippen molar-refractivity contribution in [3.8, 4) is 0 Å². The Balaban J connectivity index is 2.80. The van der Waals surface area contributed by atoms with Crippen molar-refractivity contribution in [3.05, 3.63) is 0 Å². The highest BCUT2D eigenvalue weighted by Crippen LogP contribution is 2.33. The Morgan fingerprint density at radius 1 is 1.50 bits per heavy atom. The summed E-state index contributed by atoms with van der Waals surface area (Å²) in [7, 11) is 3.24. The molecule has 1 saturated heterocycles. The summed E-state index contributed by atoms with van der Waals surface area (Å²) in [5, 5.41) is 9.40. The number of carbonyl (C=O) groups is 2. The zero-order chi connectivity index (χ0) is 13.8. The van der Waals surface area contributed by atoms with Crippen molar-refractivity contribution in [2.45, 2.75) is 31.7 Å². The molecule has 0 aliphatic carbocycles. The Morgan fingerprint density at radius 2 is 2.17 bits per heavy atom. The van der Waals surface area contributed by atoms with Gasteiger partial charge >= 0.3 is 12.0 Å². The normalized spacial score (nSPS) is 23.2. The van der Waals surface area contributed by atoms with Gasteiger partial charge < -0.3 is 19.6 Å². The Labute approximate surface area is 107 Å². The zero-order valence-corrected chi connectivity index (χ0v) is 11.3. The second-order valence-electron chi connectivity index (χ2n) is 4.64. The molecule has 1 aliphatic rings. The van der Waals surface area contributed by atoms with Crippen LogP contribution in [0, 0.1) is 0 Å². The van der Waals surface area contributed by atoms with E-state index < -0.39 is 11.5 Å². The predicted octanol–water partition coefficient (Wildman–Crippen LogP) is 1.01. The summed E-state index contributed by atoms with van der Waals surface area (Å²) in [6.07, 6.45) is 1.71. The van der Waals surface area contributed by atoms with Gasteiger partial charge in [-0.1, -0.05) is 6.92 Å². The zero-order valence-electron chi connectivity index (χ0n) is 11.3. The van der Waals surface area contributed by atoms with Crippen LogP contribution in [0.25, 0.3) is 0 Å². The van der Waals surface area contributed by atoms with Crippen molar-refractivity contribution in [1.82, 2.24) is 9.80 Å². The molecule has 2 amide bonds. The van der Waals surface area contributed by atoms with Crippen molar-refractivity contribution in [1.29, 1.82) is 0 Å². The minimum atomic E-state index is -1.03. The summed E-state index contributed by atoms with van der Waals surface area (Å²) in [4.78, 5) is 26.7. The number of likely N-dealkylation sites (N-methyl/N-ethyl adjacent to an activating group) is 1. The van der Waals surface area contributed by atoms with Crippen LogP contribution in [0.4, 0.5) is 4.79 Å². The van der Waals surface area contributed by atoms with Gasteiger partial charge in [-0.05, 0) is 19.3 Å². The Morgan fingerprint density at radius 3 is 2.67 bits per heavy atom. The lowest BCUT2D eigenvalue weighted by Crippen LogP contribution is -2.56. The van der Waals surface area contributed by atoms with Gasteiger partial charge in [-0.15, -0.1) is 0 Å². The molecule has 0 spiro atoms. The van der Waals surface area contributed by atoms with Crippen LogP contribution < -0.4 is 0 Å². The van der Waals surface area contributed by atoms with E-state index in [0.29, 0.717) is 32.5 Å². The van der Waals surface area contributed by atoms with Crippen molar-refractivity contribution >= 4 is 12.0 Å². The van der Waals surface area contributed by atoms with Crippen LogP contribution in [0.1, 0.15) is 26.2 Å². The highest BCUT2D eigenvalue weighted by Gasteiger charge is 2.49. The maximum Gasteiger partial charge on any atom is 0.329 e. The minimum absolute atomic E-state index is 0.228. The Hall–Kier alpha value is -1.30. The van der Waals surface area contributed by atoms with Gasteiger partial charge in [-0.25, -0.2) is 9.59 Å². The first-order valence-corrected chi connectivity index (χ1v) is 6.24. The molecule has 1 fully saturated rings. The summed E-state index contributed by atoms with van der Waals surface area (Å²) < 4.78 is 4.92. The van der Waals surface area contributed by atoms with Gasteiger partial charge in [0.05, 0.1) is 6.61 Å². The molecular formula is C12H22N2O4. The number of hydrogen-bond acceptors (Lipinski definition) is 3. The molecule has 0 saturated carbocycles. The lowest BCUT2D eigenvalue weighted by Gasteiger charge is -2.36. The third-order valence-electron chi connectivity index (χ3n) is 3.66. The number of aliphatic carboxylic acids is 1. The summed E-state index contributed by atoms with van der Waals surface area (Å²) in [6, 6.07) is -0.228. The summed E-state index contributed by atoms with van der Waals surface area (Å²) in [5.74, 6) is -0.906. The summed E-state index contributed by atoms with van der Waals surface area (Å²) >= 11 is 0. The second kappa shape index (κ2) is 6.04. The first kappa shape index (κ1) is 14.8. The Bertz CT molecular complexity index is 321. The molecule has 18 heavy (non-hydrogen) atoms. The lowest BCUT2D eigenvalue weighted by molar-refractivity contribution is -0.148. The van der Waals surface area contributed by atoms with E-state index in [1.54, 1.807) is 14.2 Å². The number of nitrogens with zero attached hydrogens (tertiary/aromatic N) is 2. The topological polar surface area (TPSA) is 70.1 Å². The Kier molecular flexibility index (Phi) is 4.95. The third kappa shape index (κ3) is 2.58. The standard InChI is InChI=1S/C12H22N2O4/c1-4-12(10(15)16)6-5-7-14(12)11(17)13(2)8-9-18-3/h4-9H2,1-3H3,(H,15,16). The van der Waals surface area contributed by atoms with E-state index >= 15 is 0 Å². The van der Waals surface area contributed by atoms with Crippen LogP contribution in [0.5, 0.6) is 0 Å². The van der Waals surface area contributed by atoms with Crippen LogP contribution in [0.2, 0.25) is 0 Å². The van der Waals surface area contributed by atoms with Crippen LogP contribution in [-0.2, 0) is 9.53 Å². The van der Waals surface area contributed by atoms with Gasteiger partial charge in [-0.3, -0.25) is 0 Å². The SMILES string of the molecule is CCC1(C(=O)O)CCCN1C(=O)N(C)CCOC.